The van der Waals surface area contributed by atoms with Crippen LogP contribution < -0.4 is 4.90 Å². The van der Waals surface area contributed by atoms with E-state index in [4.69, 9.17) is 28.5 Å². The zero-order chi connectivity index (χ0) is 25.7. The summed E-state index contributed by atoms with van der Waals surface area (Å²) in [5, 5.41) is 30.5. The number of benzene rings is 3. The Bertz CT molecular complexity index is 1190. The Morgan fingerprint density at radius 1 is 1.03 bits per heavy atom. The molecule has 4 rings (SSSR count). The number of nitriles is 1. The Labute approximate surface area is 223 Å². The number of hydrogen-bond donors (Lipinski definition) is 2. The van der Waals surface area contributed by atoms with E-state index in [0.717, 1.165) is 41.9 Å². The van der Waals surface area contributed by atoms with Crippen molar-refractivity contribution in [1.29, 1.82) is 5.26 Å². The Balaban J connectivity index is 1.63. The monoisotopic (exact) mass is 523 g/mol. The van der Waals surface area contributed by atoms with Gasteiger partial charge >= 0.3 is 0 Å². The molecule has 3 atom stereocenters. The Morgan fingerprint density at radius 3 is 2.36 bits per heavy atom. The summed E-state index contributed by atoms with van der Waals surface area (Å²) >= 11 is 13.0. The summed E-state index contributed by atoms with van der Waals surface area (Å²) in [5.74, 6) is 0. The number of nitrogens with zero attached hydrogens (tertiary/aromatic N) is 3. The summed E-state index contributed by atoms with van der Waals surface area (Å²) in [6.07, 6.45) is 1.12. The number of aryl methyl sites for hydroxylation is 1. The molecular formula is C29H31Cl2N3O2. The summed E-state index contributed by atoms with van der Waals surface area (Å²) in [5.41, 5.74) is 4.78. The quantitative estimate of drug-likeness (QED) is 0.391. The van der Waals surface area contributed by atoms with Crippen LogP contribution >= 0.6 is 23.2 Å². The molecule has 0 amide bonds. The van der Waals surface area contributed by atoms with Gasteiger partial charge in [-0.25, -0.2) is 0 Å². The Kier molecular flexibility index (Phi) is 8.90. The molecule has 1 heterocycles. The third kappa shape index (κ3) is 6.21. The molecular weight excluding hydrogens is 493 g/mol. The van der Waals surface area contributed by atoms with Gasteiger partial charge in [-0.15, -0.1) is 0 Å². The number of aliphatic hydroxyl groups excluding tert-OH is 2. The molecule has 1 aliphatic rings. The standard InChI is InChI=1S/C29H31Cl2N3O2/c1-20(36)2-3-21-6-13-27(26(31)16-21)34-15-14-33(18-28(34)23-9-11-25(30)12-10-23)29(19-35)24-7-4-22(17-32)5-8-24/h4-13,16,20,28-29,35-36H,2-3,14-15,18-19H2,1H3/t20-,28-,29-/m0/s1. The van der Waals surface area contributed by atoms with E-state index in [2.05, 4.69) is 28.0 Å². The molecule has 1 saturated heterocycles. The van der Waals surface area contributed by atoms with E-state index >= 15 is 0 Å². The molecule has 0 bridgehead atoms. The van der Waals surface area contributed by atoms with Crippen LogP contribution in [0.5, 0.6) is 0 Å². The lowest BCUT2D eigenvalue weighted by Crippen LogP contribution is -2.50. The smallest absolute Gasteiger partial charge is 0.0991 e. The second-order valence-corrected chi connectivity index (χ2v) is 10.2. The van der Waals surface area contributed by atoms with Crippen molar-refractivity contribution in [3.8, 4) is 6.07 Å². The first-order valence-electron chi connectivity index (χ1n) is 12.2. The van der Waals surface area contributed by atoms with Crippen LogP contribution in [0.2, 0.25) is 10.0 Å². The van der Waals surface area contributed by atoms with Crippen molar-refractivity contribution in [2.45, 2.75) is 38.0 Å². The number of piperazine rings is 1. The molecule has 0 saturated carbocycles. The molecule has 3 aromatic rings. The van der Waals surface area contributed by atoms with Crippen molar-refractivity contribution < 1.29 is 10.2 Å². The highest BCUT2D eigenvalue weighted by Gasteiger charge is 2.33. The van der Waals surface area contributed by atoms with Crippen LogP contribution in [-0.4, -0.2) is 47.5 Å². The lowest BCUT2D eigenvalue weighted by molar-refractivity contribution is 0.103. The van der Waals surface area contributed by atoms with E-state index < -0.39 is 0 Å². The fourth-order valence-corrected chi connectivity index (χ4v) is 5.31. The van der Waals surface area contributed by atoms with Crippen molar-refractivity contribution in [2.75, 3.05) is 31.1 Å². The van der Waals surface area contributed by atoms with Crippen molar-refractivity contribution in [3.63, 3.8) is 0 Å². The second-order valence-electron chi connectivity index (χ2n) is 9.36. The highest BCUT2D eigenvalue weighted by Crippen LogP contribution is 2.38. The molecule has 0 aromatic heterocycles. The average molecular weight is 524 g/mol. The molecule has 0 spiro atoms. The van der Waals surface area contributed by atoms with Gasteiger partial charge in [0, 0.05) is 24.7 Å². The van der Waals surface area contributed by atoms with E-state index in [1.165, 1.54) is 0 Å². The van der Waals surface area contributed by atoms with Gasteiger partial charge in [0.15, 0.2) is 0 Å². The van der Waals surface area contributed by atoms with E-state index in [1.54, 1.807) is 19.1 Å². The normalized spacial score (nSPS) is 18.0. The van der Waals surface area contributed by atoms with Gasteiger partial charge in [-0.05, 0) is 72.9 Å². The van der Waals surface area contributed by atoms with E-state index in [9.17, 15) is 10.2 Å². The van der Waals surface area contributed by atoms with Crippen LogP contribution in [0.3, 0.4) is 0 Å². The van der Waals surface area contributed by atoms with E-state index in [0.29, 0.717) is 28.6 Å². The number of anilines is 1. The molecule has 0 radical (unpaired) electrons. The summed E-state index contributed by atoms with van der Waals surface area (Å²) in [4.78, 5) is 4.62. The summed E-state index contributed by atoms with van der Waals surface area (Å²) in [7, 11) is 0. The molecule has 2 N–H and O–H groups in total. The van der Waals surface area contributed by atoms with Crippen LogP contribution in [0.15, 0.2) is 66.7 Å². The van der Waals surface area contributed by atoms with Gasteiger partial charge in [-0.2, -0.15) is 5.26 Å². The predicted octanol–water partition coefficient (Wildman–Crippen LogP) is 5.78. The fourth-order valence-electron chi connectivity index (χ4n) is 4.87. The topological polar surface area (TPSA) is 70.7 Å². The number of aliphatic hydroxyl groups is 2. The molecule has 3 aromatic carbocycles. The third-order valence-electron chi connectivity index (χ3n) is 6.88. The highest BCUT2D eigenvalue weighted by molar-refractivity contribution is 6.33. The minimum atomic E-state index is -0.346. The Hall–Kier alpha value is -2.59. The van der Waals surface area contributed by atoms with Gasteiger partial charge in [-0.1, -0.05) is 53.5 Å². The first kappa shape index (κ1) is 26.5. The number of hydrogen-bond acceptors (Lipinski definition) is 5. The minimum absolute atomic E-state index is 0.00395. The summed E-state index contributed by atoms with van der Waals surface area (Å²) in [6, 6.07) is 23.5. The van der Waals surface area contributed by atoms with Gasteiger partial charge in [0.1, 0.15) is 0 Å². The van der Waals surface area contributed by atoms with Gasteiger partial charge in [0.05, 0.1) is 47.1 Å². The third-order valence-corrected chi connectivity index (χ3v) is 7.43. The fraction of sp³-hybridized carbons (Fsp3) is 0.345. The maximum Gasteiger partial charge on any atom is 0.0991 e. The predicted molar refractivity (Wildman–Crippen MR) is 146 cm³/mol. The zero-order valence-corrected chi connectivity index (χ0v) is 21.8. The maximum absolute atomic E-state index is 10.3. The second kappa shape index (κ2) is 12.1. The minimum Gasteiger partial charge on any atom is -0.394 e. The first-order chi connectivity index (χ1) is 17.4. The van der Waals surface area contributed by atoms with Gasteiger partial charge in [-0.3, -0.25) is 4.90 Å². The SMILES string of the molecule is C[C@H](O)CCc1ccc(N2CCN([C@@H](CO)c3ccc(C#N)cc3)C[C@H]2c2ccc(Cl)cc2)c(Cl)c1. The average Bonchev–Trinajstić information content (AvgIpc) is 2.89. The summed E-state index contributed by atoms with van der Waals surface area (Å²) < 4.78 is 0. The van der Waals surface area contributed by atoms with Crippen LogP contribution in [0.1, 0.15) is 47.7 Å². The molecule has 5 nitrogen and oxygen atoms in total. The number of halogens is 2. The highest BCUT2D eigenvalue weighted by atomic mass is 35.5. The lowest BCUT2D eigenvalue weighted by atomic mass is 9.97. The number of rotatable bonds is 8. The van der Waals surface area contributed by atoms with Crippen LogP contribution in [-0.2, 0) is 6.42 Å². The summed E-state index contributed by atoms with van der Waals surface area (Å²) in [6.45, 7) is 3.94. The van der Waals surface area contributed by atoms with E-state index in [1.807, 2.05) is 42.5 Å². The van der Waals surface area contributed by atoms with Crippen LogP contribution in [0.25, 0.3) is 0 Å². The first-order valence-corrected chi connectivity index (χ1v) is 13.0. The lowest BCUT2D eigenvalue weighted by Gasteiger charge is -2.46. The molecule has 7 heteroatoms. The van der Waals surface area contributed by atoms with Gasteiger partial charge in [0.2, 0.25) is 0 Å². The molecule has 188 valence electrons. The largest absolute Gasteiger partial charge is 0.394 e. The van der Waals surface area contributed by atoms with Gasteiger partial charge < -0.3 is 15.1 Å². The van der Waals surface area contributed by atoms with E-state index in [-0.39, 0.29) is 24.8 Å². The van der Waals surface area contributed by atoms with Crippen molar-refractivity contribution in [2.24, 2.45) is 0 Å². The van der Waals surface area contributed by atoms with Crippen molar-refractivity contribution in [1.82, 2.24) is 4.90 Å². The van der Waals surface area contributed by atoms with Crippen LogP contribution in [0, 0.1) is 11.3 Å². The molecule has 0 unspecified atom stereocenters. The van der Waals surface area contributed by atoms with Crippen molar-refractivity contribution >= 4 is 28.9 Å². The molecule has 1 aliphatic heterocycles. The van der Waals surface area contributed by atoms with Gasteiger partial charge in [0.25, 0.3) is 0 Å². The maximum atomic E-state index is 10.3. The molecule has 36 heavy (non-hydrogen) atoms. The Morgan fingerprint density at radius 2 is 1.75 bits per heavy atom. The molecule has 0 aliphatic carbocycles. The molecule has 1 fully saturated rings. The zero-order valence-electron chi connectivity index (χ0n) is 20.3. The van der Waals surface area contributed by atoms with Crippen molar-refractivity contribution in [3.05, 3.63) is 99.0 Å². The van der Waals surface area contributed by atoms with Crippen LogP contribution in [0.4, 0.5) is 5.69 Å².